The summed E-state index contributed by atoms with van der Waals surface area (Å²) in [5, 5.41) is 1.29. The van der Waals surface area contributed by atoms with Crippen molar-refractivity contribution in [2.45, 2.75) is 32.2 Å². The van der Waals surface area contributed by atoms with E-state index in [0.29, 0.717) is 12.2 Å². The Balaban J connectivity index is 1.55. The summed E-state index contributed by atoms with van der Waals surface area (Å²) in [6.45, 7) is 0.884. The van der Waals surface area contributed by atoms with E-state index in [4.69, 9.17) is 0 Å². The van der Waals surface area contributed by atoms with Crippen LogP contribution in [0.15, 0.2) is 66.9 Å². The number of Topliss-reactive ketones (excluding diaryl/α,β-unsaturated/α-hetero) is 1. The van der Waals surface area contributed by atoms with E-state index < -0.39 is 0 Å². The Bertz CT molecular complexity index is 1120. The SMILES string of the molecule is O=C1CCCc2c1cc(-c1ccccc1)n2CCc1c[nH]c2ccccc12. The number of fused-ring (bicyclic) bond motifs is 2. The van der Waals surface area contributed by atoms with Crippen LogP contribution in [-0.2, 0) is 19.4 Å². The molecule has 0 spiro atoms. The molecule has 4 aromatic rings. The summed E-state index contributed by atoms with van der Waals surface area (Å²) in [6, 6.07) is 21.0. The Labute approximate surface area is 158 Å². The molecule has 1 aliphatic carbocycles. The van der Waals surface area contributed by atoms with Crippen molar-refractivity contribution in [3.05, 3.63) is 83.7 Å². The van der Waals surface area contributed by atoms with Gasteiger partial charge >= 0.3 is 0 Å². The number of aromatic nitrogens is 2. The van der Waals surface area contributed by atoms with Crippen LogP contribution in [0.4, 0.5) is 0 Å². The summed E-state index contributed by atoms with van der Waals surface area (Å²) in [5.74, 6) is 0.291. The largest absolute Gasteiger partial charge is 0.361 e. The van der Waals surface area contributed by atoms with E-state index >= 15 is 0 Å². The average Bonchev–Trinajstić information content (AvgIpc) is 3.29. The molecule has 1 N–H and O–H groups in total. The molecule has 27 heavy (non-hydrogen) atoms. The highest BCUT2D eigenvalue weighted by Gasteiger charge is 2.24. The van der Waals surface area contributed by atoms with Gasteiger partial charge in [-0.15, -0.1) is 0 Å². The van der Waals surface area contributed by atoms with E-state index in [1.165, 1.54) is 27.7 Å². The summed E-state index contributed by atoms with van der Waals surface area (Å²) in [6.07, 6.45) is 5.68. The molecule has 5 rings (SSSR count). The molecule has 0 saturated heterocycles. The molecular formula is C24H22N2O. The number of rotatable bonds is 4. The second kappa shape index (κ2) is 6.58. The van der Waals surface area contributed by atoms with E-state index in [1.54, 1.807) is 0 Å². The zero-order valence-corrected chi connectivity index (χ0v) is 15.2. The van der Waals surface area contributed by atoms with Crippen molar-refractivity contribution in [1.82, 2.24) is 9.55 Å². The highest BCUT2D eigenvalue weighted by molar-refractivity contribution is 5.99. The van der Waals surface area contributed by atoms with Gasteiger partial charge in [-0.1, -0.05) is 48.5 Å². The number of carbonyl (C=O) groups excluding carboxylic acids is 1. The summed E-state index contributed by atoms with van der Waals surface area (Å²) < 4.78 is 2.38. The Kier molecular flexibility index (Phi) is 3.93. The summed E-state index contributed by atoms with van der Waals surface area (Å²) in [7, 11) is 0. The molecule has 0 aliphatic heterocycles. The summed E-state index contributed by atoms with van der Waals surface area (Å²) >= 11 is 0. The van der Waals surface area contributed by atoms with E-state index in [0.717, 1.165) is 37.1 Å². The first-order valence-electron chi connectivity index (χ1n) is 9.67. The number of hydrogen-bond donors (Lipinski definition) is 1. The van der Waals surface area contributed by atoms with Crippen molar-refractivity contribution in [2.24, 2.45) is 0 Å². The number of H-pyrrole nitrogens is 1. The summed E-state index contributed by atoms with van der Waals surface area (Å²) in [4.78, 5) is 15.8. The number of para-hydroxylation sites is 1. The molecule has 2 aromatic carbocycles. The predicted molar refractivity (Wildman–Crippen MR) is 109 cm³/mol. The molecule has 3 nitrogen and oxygen atoms in total. The van der Waals surface area contributed by atoms with Gasteiger partial charge in [0.25, 0.3) is 0 Å². The van der Waals surface area contributed by atoms with Crippen LogP contribution in [-0.4, -0.2) is 15.3 Å². The number of hydrogen-bond acceptors (Lipinski definition) is 1. The van der Waals surface area contributed by atoms with Gasteiger partial charge in [0.15, 0.2) is 5.78 Å². The number of carbonyl (C=O) groups is 1. The maximum atomic E-state index is 12.5. The molecule has 0 fully saturated rings. The summed E-state index contributed by atoms with van der Waals surface area (Å²) in [5.41, 5.74) is 6.99. The number of benzene rings is 2. The van der Waals surface area contributed by atoms with E-state index in [-0.39, 0.29) is 0 Å². The first-order chi connectivity index (χ1) is 13.3. The van der Waals surface area contributed by atoms with Gasteiger partial charge in [-0.05, 0) is 42.5 Å². The Morgan fingerprint density at radius 3 is 2.67 bits per heavy atom. The lowest BCUT2D eigenvalue weighted by molar-refractivity contribution is 0.0972. The van der Waals surface area contributed by atoms with Crippen LogP contribution in [0.2, 0.25) is 0 Å². The van der Waals surface area contributed by atoms with Crippen LogP contribution >= 0.6 is 0 Å². The normalized spacial score (nSPS) is 13.9. The van der Waals surface area contributed by atoms with Gasteiger partial charge in [0.1, 0.15) is 0 Å². The van der Waals surface area contributed by atoms with Gasteiger partial charge in [0, 0.05) is 47.0 Å². The van der Waals surface area contributed by atoms with Crippen molar-refractivity contribution >= 4 is 16.7 Å². The molecule has 0 saturated carbocycles. The second-order valence-corrected chi connectivity index (χ2v) is 7.29. The maximum absolute atomic E-state index is 12.5. The van der Waals surface area contributed by atoms with Gasteiger partial charge in [-0.2, -0.15) is 0 Å². The molecule has 134 valence electrons. The fourth-order valence-corrected chi connectivity index (χ4v) is 4.33. The number of aromatic amines is 1. The molecule has 2 heterocycles. The minimum atomic E-state index is 0.291. The monoisotopic (exact) mass is 354 g/mol. The standard InChI is InChI=1S/C24H22N2O/c27-24-12-6-11-22-20(24)15-23(17-7-2-1-3-8-17)26(22)14-13-18-16-25-21-10-5-4-9-19(18)21/h1-5,7-10,15-16,25H,6,11-14H2. The molecule has 1 aliphatic rings. The molecule has 0 radical (unpaired) electrons. The highest BCUT2D eigenvalue weighted by Crippen LogP contribution is 2.31. The molecule has 3 heteroatoms. The first kappa shape index (κ1) is 16.1. The lowest BCUT2D eigenvalue weighted by Gasteiger charge is -2.17. The predicted octanol–water partition coefficient (Wildman–Crippen LogP) is 5.40. The second-order valence-electron chi connectivity index (χ2n) is 7.29. The van der Waals surface area contributed by atoms with Crippen LogP contribution in [0.25, 0.3) is 22.2 Å². The van der Waals surface area contributed by atoms with Crippen molar-refractivity contribution in [2.75, 3.05) is 0 Å². The third kappa shape index (κ3) is 2.80. The topological polar surface area (TPSA) is 37.8 Å². The first-order valence-corrected chi connectivity index (χ1v) is 9.67. The molecular weight excluding hydrogens is 332 g/mol. The third-order valence-electron chi connectivity index (χ3n) is 5.68. The highest BCUT2D eigenvalue weighted by atomic mass is 16.1. The minimum Gasteiger partial charge on any atom is -0.361 e. The smallest absolute Gasteiger partial charge is 0.164 e. The van der Waals surface area contributed by atoms with Crippen molar-refractivity contribution in [1.29, 1.82) is 0 Å². The zero-order chi connectivity index (χ0) is 18.2. The number of nitrogens with one attached hydrogen (secondary N) is 1. The molecule has 0 bridgehead atoms. The van der Waals surface area contributed by atoms with E-state index in [1.807, 2.05) is 6.07 Å². The van der Waals surface area contributed by atoms with Crippen LogP contribution < -0.4 is 0 Å². The number of ketones is 1. The quantitative estimate of drug-likeness (QED) is 0.524. The third-order valence-corrected chi connectivity index (χ3v) is 5.68. The zero-order valence-electron chi connectivity index (χ0n) is 15.2. The van der Waals surface area contributed by atoms with Crippen LogP contribution in [0.3, 0.4) is 0 Å². The van der Waals surface area contributed by atoms with E-state index in [9.17, 15) is 4.79 Å². The number of nitrogens with zero attached hydrogens (tertiary/aromatic N) is 1. The number of aryl methyl sites for hydroxylation is 1. The van der Waals surface area contributed by atoms with Gasteiger partial charge in [0.05, 0.1) is 0 Å². The average molecular weight is 354 g/mol. The fraction of sp³-hybridized carbons (Fsp3) is 0.208. The van der Waals surface area contributed by atoms with Crippen LogP contribution in [0.1, 0.15) is 34.5 Å². The maximum Gasteiger partial charge on any atom is 0.164 e. The molecule has 0 atom stereocenters. The van der Waals surface area contributed by atoms with Gasteiger partial charge in [-0.3, -0.25) is 4.79 Å². The fourth-order valence-electron chi connectivity index (χ4n) is 4.33. The lowest BCUT2D eigenvalue weighted by Crippen LogP contribution is -2.14. The van der Waals surface area contributed by atoms with Gasteiger partial charge < -0.3 is 9.55 Å². The minimum absolute atomic E-state index is 0.291. The Hall–Kier alpha value is -3.07. The molecule has 0 amide bonds. The van der Waals surface area contributed by atoms with Crippen molar-refractivity contribution < 1.29 is 4.79 Å². The van der Waals surface area contributed by atoms with Gasteiger partial charge in [-0.25, -0.2) is 0 Å². The van der Waals surface area contributed by atoms with Crippen molar-refractivity contribution in [3.8, 4) is 11.3 Å². The Morgan fingerprint density at radius 2 is 1.78 bits per heavy atom. The van der Waals surface area contributed by atoms with Crippen LogP contribution in [0, 0.1) is 0 Å². The van der Waals surface area contributed by atoms with Crippen molar-refractivity contribution in [3.63, 3.8) is 0 Å². The molecule has 0 unspecified atom stereocenters. The lowest BCUT2D eigenvalue weighted by atomic mass is 9.96. The van der Waals surface area contributed by atoms with E-state index in [2.05, 4.69) is 70.3 Å². The molecule has 2 aromatic heterocycles. The van der Waals surface area contributed by atoms with Crippen LogP contribution in [0.5, 0.6) is 0 Å². The van der Waals surface area contributed by atoms with Gasteiger partial charge in [0.2, 0.25) is 0 Å². The Morgan fingerprint density at radius 1 is 0.963 bits per heavy atom.